The van der Waals surface area contributed by atoms with E-state index in [-0.39, 0.29) is 10.7 Å². The number of rotatable bonds is 5. The zero-order chi connectivity index (χ0) is 20.3. The number of amides is 2. The van der Waals surface area contributed by atoms with Crippen LogP contribution in [0.3, 0.4) is 0 Å². The Hall–Kier alpha value is -2.48. The molecule has 0 radical (unpaired) electrons. The molecule has 2 aromatic rings. The van der Waals surface area contributed by atoms with E-state index in [0.29, 0.717) is 33.1 Å². The first-order valence-electron chi connectivity index (χ1n) is 8.11. The van der Waals surface area contributed by atoms with E-state index in [4.69, 9.17) is 28.6 Å². The summed E-state index contributed by atoms with van der Waals surface area (Å²) in [6.07, 6.45) is 3.14. The molecular weight excluding hydrogens is 464 g/mol. The predicted molar refractivity (Wildman–Crippen MR) is 117 cm³/mol. The SMILES string of the molecule is C=CCOc1ccc(C=C2C(=O)NC(=S)N(c3ccc(Cl)cc3)C2=O)cc1Br. The van der Waals surface area contributed by atoms with Gasteiger partial charge in [0.05, 0.1) is 10.2 Å². The minimum atomic E-state index is -0.552. The van der Waals surface area contributed by atoms with Crippen molar-refractivity contribution in [1.82, 2.24) is 5.32 Å². The van der Waals surface area contributed by atoms with E-state index in [0.717, 1.165) is 0 Å². The third-order valence-corrected chi connectivity index (χ3v) is 4.97. The average Bonchev–Trinajstić information content (AvgIpc) is 2.66. The Kier molecular flexibility index (Phi) is 6.28. The van der Waals surface area contributed by atoms with Crippen LogP contribution < -0.4 is 15.0 Å². The molecule has 1 N–H and O–H groups in total. The van der Waals surface area contributed by atoms with Crippen LogP contribution in [0.25, 0.3) is 6.08 Å². The summed E-state index contributed by atoms with van der Waals surface area (Å²) in [6.45, 7) is 3.97. The quantitative estimate of drug-likeness (QED) is 0.298. The monoisotopic (exact) mass is 476 g/mol. The lowest BCUT2D eigenvalue weighted by molar-refractivity contribution is -0.122. The molecule has 3 rings (SSSR count). The van der Waals surface area contributed by atoms with Gasteiger partial charge in [-0.15, -0.1) is 0 Å². The first-order valence-corrected chi connectivity index (χ1v) is 9.69. The highest BCUT2D eigenvalue weighted by molar-refractivity contribution is 9.10. The molecule has 2 aromatic carbocycles. The second kappa shape index (κ2) is 8.68. The Labute approximate surface area is 180 Å². The van der Waals surface area contributed by atoms with Crippen LogP contribution in [-0.4, -0.2) is 23.5 Å². The topological polar surface area (TPSA) is 58.6 Å². The molecule has 0 unspecified atom stereocenters. The number of hydrogen-bond donors (Lipinski definition) is 1. The number of halogens is 2. The van der Waals surface area contributed by atoms with Gasteiger partial charge in [0, 0.05) is 5.02 Å². The van der Waals surface area contributed by atoms with E-state index in [9.17, 15) is 9.59 Å². The molecule has 0 aliphatic carbocycles. The summed E-state index contributed by atoms with van der Waals surface area (Å²) < 4.78 is 6.20. The lowest BCUT2D eigenvalue weighted by Crippen LogP contribution is -2.54. The van der Waals surface area contributed by atoms with Gasteiger partial charge < -0.3 is 4.74 Å². The molecule has 28 heavy (non-hydrogen) atoms. The van der Waals surface area contributed by atoms with Crippen molar-refractivity contribution in [3.05, 3.63) is 75.8 Å². The van der Waals surface area contributed by atoms with Crippen molar-refractivity contribution in [2.24, 2.45) is 0 Å². The number of nitrogens with zero attached hydrogens (tertiary/aromatic N) is 1. The minimum Gasteiger partial charge on any atom is -0.488 e. The van der Waals surface area contributed by atoms with Crippen molar-refractivity contribution in [2.75, 3.05) is 11.5 Å². The summed E-state index contributed by atoms with van der Waals surface area (Å²) in [6, 6.07) is 11.8. The molecule has 0 bridgehead atoms. The van der Waals surface area contributed by atoms with Gasteiger partial charge in [-0.2, -0.15) is 0 Å². The highest BCUT2D eigenvalue weighted by Crippen LogP contribution is 2.28. The molecule has 2 amide bonds. The second-order valence-corrected chi connectivity index (χ2v) is 7.40. The van der Waals surface area contributed by atoms with Gasteiger partial charge in [0.25, 0.3) is 11.8 Å². The second-order valence-electron chi connectivity index (χ2n) is 5.72. The largest absolute Gasteiger partial charge is 0.488 e. The maximum Gasteiger partial charge on any atom is 0.270 e. The van der Waals surface area contributed by atoms with Crippen molar-refractivity contribution in [2.45, 2.75) is 0 Å². The highest BCUT2D eigenvalue weighted by atomic mass is 79.9. The molecule has 0 saturated carbocycles. The molecule has 8 heteroatoms. The van der Waals surface area contributed by atoms with E-state index in [1.165, 1.54) is 11.0 Å². The fourth-order valence-corrected chi connectivity index (χ4v) is 3.44. The molecule has 142 valence electrons. The van der Waals surface area contributed by atoms with Crippen LogP contribution in [0.5, 0.6) is 5.75 Å². The summed E-state index contributed by atoms with van der Waals surface area (Å²) >= 11 is 14.5. The summed E-state index contributed by atoms with van der Waals surface area (Å²) in [5, 5.41) is 3.09. The van der Waals surface area contributed by atoms with Gasteiger partial charge >= 0.3 is 0 Å². The van der Waals surface area contributed by atoms with Gasteiger partial charge in [-0.05, 0) is 76.2 Å². The smallest absolute Gasteiger partial charge is 0.270 e. The van der Waals surface area contributed by atoms with Gasteiger partial charge in [0.1, 0.15) is 17.9 Å². The van der Waals surface area contributed by atoms with E-state index in [2.05, 4.69) is 27.8 Å². The number of benzene rings is 2. The van der Waals surface area contributed by atoms with E-state index in [1.54, 1.807) is 48.5 Å². The fraction of sp³-hybridized carbons (Fsp3) is 0.0500. The molecule has 0 atom stereocenters. The van der Waals surface area contributed by atoms with Crippen molar-refractivity contribution >= 4 is 68.4 Å². The Morgan fingerprint density at radius 1 is 1.21 bits per heavy atom. The lowest BCUT2D eigenvalue weighted by Gasteiger charge is -2.29. The van der Waals surface area contributed by atoms with Gasteiger partial charge in [0.2, 0.25) is 0 Å². The summed E-state index contributed by atoms with van der Waals surface area (Å²) in [4.78, 5) is 26.6. The normalized spacial score (nSPS) is 15.6. The number of ether oxygens (including phenoxy) is 1. The highest BCUT2D eigenvalue weighted by Gasteiger charge is 2.34. The van der Waals surface area contributed by atoms with Crippen LogP contribution >= 0.6 is 39.7 Å². The summed E-state index contributed by atoms with van der Waals surface area (Å²) in [5.41, 5.74) is 1.13. The van der Waals surface area contributed by atoms with Gasteiger partial charge in [-0.25, -0.2) is 0 Å². The molecule has 0 aromatic heterocycles. The number of carbonyl (C=O) groups is 2. The minimum absolute atomic E-state index is 0.0174. The lowest BCUT2D eigenvalue weighted by atomic mass is 10.1. The van der Waals surface area contributed by atoms with Crippen molar-refractivity contribution in [3.63, 3.8) is 0 Å². The first-order chi connectivity index (χ1) is 13.4. The third kappa shape index (κ3) is 4.32. The van der Waals surface area contributed by atoms with Crippen LogP contribution in [0, 0.1) is 0 Å². The van der Waals surface area contributed by atoms with Crippen LogP contribution in [0.15, 0.2) is 65.2 Å². The average molecular weight is 478 g/mol. The zero-order valence-corrected chi connectivity index (χ0v) is 17.6. The maximum absolute atomic E-state index is 13.0. The first kappa shape index (κ1) is 20.3. The Bertz CT molecular complexity index is 1010. The summed E-state index contributed by atoms with van der Waals surface area (Å²) in [5.74, 6) is -0.437. The molecule has 0 spiro atoms. The predicted octanol–water partition coefficient (Wildman–Crippen LogP) is 4.50. The van der Waals surface area contributed by atoms with E-state index in [1.807, 2.05) is 0 Å². The van der Waals surface area contributed by atoms with E-state index >= 15 is 0 Å². The number of hydrogen-bond acceptors (Lipinski definition) is 4. The molecule has 1 heterocycles. The van der Waals surface area contributed by atoms with Crippen LogP contribution in [-0.2, 0) is 9.59 Å². The molecule has 5 nitrogen and oxygen atoms in total. The maximum atomic E-state index is 13.0. The van der Waals surface area contributed by atoms with Crippen LogP contribution in [0.2, 0.25) is 5.02 Å². The van der Waals surface area contributed by atoms with Gasteiger partial charge in [-0.3, -0.25) is 19.8 Å². The van der Waals surface area contributed by atoms with Crippen molar-refractivity contribution in [3.8, 4) is 5.75 Å². The molecule has 1 fully saturated rings. The fourth-order valence-electron chi connectivity index (χ4n) is 2.52. The van der Waals surface area contributed by atoms with E-state index < -0.39 is 11.8 Å². The number of anilines is 1. The third-order valence-electron chi connectivity index (χ3n) is 3.81. The number of thiocarbonyl (C=S) groups is 1. The van der Waals surface area contributed by atoms with Gasteiger partial charge in [0.15, 0.2) is 5.11 Å². The summed E-state index contributed by atoms with van der Waals surface area (Å²) in [7, 11) is 0. The number of nitrogens with one attached hydrogen (secondary N) is 1. The van der Waals surface area contributed by atoms with Gasteiger partial charge in [-0.1, -0.05) is 30.3 Å². The molecule has 1 saturated heterocycles. The standard InChI is InChI=1S/C20H14BrClN2O3S/c1-2-9-27-17-8-3-12(11-16(17)21)10-15-18(25)23-20(28)24(19(15)26)14-6-4-13(22)5-7-14/h2-8,10-11H,1,9H2,(H,23,25,28). The van der Waals surface area contributed by atoms with Crippen LogP contribution in [0.1, 0.15) is 5.56 Å². The Balaban J connectivity index is 1.93. The van der Waals surface area contributed by atoms with Crippen LogP contribution in [0.4, 0.5) is 5.69 Å². The zero-order valence-electron chi connectivity index (χ0n) is 14.4. The Morgan fingerprint density at radius 3 is 2.57 bits per heavy atom. The number of carbonyl (C=O) groups excluding carboxylic acids is 2. The Morgan fingerprint density at radius 2 is 1.93 bits per heavy atom. The molecular formula is C20H14BrClN2O3S. The van der Waals surface area contributed by atoms with Crippen molar-refractivity contribution < 1.29 is 14.3 Å². The molecule has 1 aliphatic heterocycles. The van der Waals surface area contributed by atoms with Crippen molar-refractivity contribution in [1.29, 1.82) is 0 Å². The molecule has 1 aliphatic rings.